The molecule has 2 rings (SSSR count). The number of hydrazine groups is 1. The lowest BCUT2D eigenvalue weighted by molar-refractivity contribution is -0.121. The summed E-state index contributed by atoms with van der Waals surface area (Å²) >= 11 is 6.55. The number of aromatic amines is 1. The van der Waals surface area contributed by atoms with E-state index < -0.39 is 5.91 Å². The zero-order chi connectivity index (χ0) is 14.5. The van der Waals surface area contributed by atoms with Crippen LogP contribution >= 0.6 is 31.9 Å². The molecule has 0 aliphatic rings. The summed E-state index contributed by atoms with van der Waals surface area (Å²) in [5.74, 6) is -0.689. The Kier molecular flexibility index (Phi) is 4.97. The highest BCUT2D eigenvalue weighted by atomic mass is 79.9. The lowest BCUT2D eigenvalue weighted by atomic mass is 10.1. The van der Waals surface area contributed by atoms with Gasteiger partial charge in [0.2, 0.25) is 5.91 Å². The molecule has 2 amide bonds. The Morgan fingerprint density at radius 1 is 1.05 bits per heavy atom. The van der Waals surface area contributed by atoms with E-state index in [0.717, 1.165) is 14.5 Å². The lowest BCUT2D eigenvalue weighted by Gasteiger charge is -2.06. The predicted octanol–water partition coefficient (Wildman–Crippen LogP) is 2.54. The van der Waals surface area contributed by atoms with Gasteiger partial charge in [0, 0.05) is 15.1 Å². The molecular formula is C13H11Br2N3O2. The van der Waals surface area contributed by atoms with Gasteiger partial charge in [-0.1, -0.05) is 28.1 Å². The summed E-state index contributed by atoms with van der Waals surface area (Å²) in [7, 11) is 0. The van der Waals surface area contributed by atoms with Crippen molar-refractivity contribution in [2.75, 3.05) is 0 Å². The number of amides is 2. The van der Waals surface area contributed by atoms with Crippen LogP contribution in [0.4, 0.5) is 0 Å². The number of carbonyl (C=O) groups excluding carboxylic acids is 2. The smallest absolute Gasteiger partial charge is 0.286 e. The molecule has 1 aromatic carbocycles. The summed E-state index contributed by atoms with van der Waals surface area (Å²) in [4.78, 5) is 26.1. The van der Waals surface area contributed by atoms with Crippen molar-refractivity contribution in [3.8, 4) is 0 Å². The van der Waals surface area contributed by atoms with Crippen molar-refractivity contribution >= 4 is 43.7 Å². The molecule has 0 spiro atoms. The van der Waals surface area contributed by atoms with Crippen molar-refractivity contribution in [1.29, 1.82) is 0 Å². The zero-order valence-corrected chi connectivity index (χ0v) is 13.4. The maximum atomic E-state index is 11.7. The molecule has 0 saturated heterocycles. The van der Waals surface area contributed by atoms with Gasteiger partial charge in [-0.3, -0.25) is 20.4 Å². The normalized spacial score (nSPS) is 10.1. The number of hydrogen-bond acceptors (Lipinski definition) is 2. The van der Waals surface area contributed by atoms with E-state index in [4.69, 9.17) is 0 Å². The van der Waals surface area contributed by atoms with Gasteiger partial charge in [0.25, 0.3) is 5.91 Å². The van der Waals surface area contributed by atoms with E-state index in [0.29, 0.717) is 5.69 Å². The number of H-pyrrole nitrogens is 1. The van der Waals surface area contributed by atoms with E-state index in [1.807, 2.05) is 24.3 Å². The molecule has 0 fully saturated rings. The number of aromatic nitrogens is 1. The van der Waals surface area contributed by atoms with Gasteiger partial charge in [-0.15, -0.1) is 0 Å². The Balaban J connectivity index is 1.83. The van der Waals surface area contributed by atoms with Crippen LogP contribution in [-0.2, 0) is 11.2 Å². The van der Waals surface area contributed by atoms with Gasteiger partial charge >= 0.3 is 0 Å². The molecule has 0 bridgehead atoms. The van der Waals surface area contributed by atoms with Crippen LogP contribution in [0.5, 0.6) is 0 Å². The highest BCUT2D eigenvalue weighted by Crippen LogP contribution is 2.11. The molecule has 0 saturated carbocycles. The van der Waals surface area contributed by atoms with Gasteiger partial charge < -0.3 is 4.98 Å². The minimum atomic E-state index is -0.403. The van der Waals surface area contributed by atoms with Crippen LogP contribution in [0.15, 0.2) is 45.5 Å². The lowest BCUT2D eigenvalue weighted by Crippen LogP contribution is -2.42. The highest BCUT2D eigenvalue weighted by Gasteiger charge is 2.09. The number of carbonyl (C=O) groups is 2. The highest BCUT2D eigenvalue weighted by molar-refractivity contribution is 9.10. The van der Waals surface area contributed by atoms with Crippen LogP contribution in [-0.4, -0.2) is 16.8 Å². The van der Waals surface area contributed by atoms with Gasteiger partial charge in [-0.2, -0.15) is 0 Å². The monoisotopic (exact) mass is 399 g/mol. The van der Waals surface area contributed by atoms with Gasteiger partial charge in [-0.25, -0.2) is 0 Å². The van der Waals surface area contributed by atoms with E-state index in [1.54, 1.807) is 12.3 Å². The van der Waals surface area contributed by atoms with Gasteiger partial charge in [0.15, 0.2) is 0 Å². The Morgan fingerprint density at radius 3 is 2.35 bits per heavy atom. The third-order valence-electron chi connectivity index (χ3n) is 2.49. The summed E-state index contributed by atoms with van der Waals surface area (Å²) in [6.07, 6.45) is 1.83. The minimum Gasteiger partial charge on any atom is -0.356 e. The standard InChI is InChI=1S/C13H11Br2N3O2/c14-9-3-1-8(2-4-9)5-12(19)17-18-13(20)11-6-10(15)7-16-11/h1-4,6-7,16H,5H2,(H,17,19)(H,18,20). The third-order valence-corrected chi connectivity index (χ3v) is 3.47. The molecule has 0 aliphatic carbocycles. The molecule has 1 heterocycles. The summed E-state index contributed by atoms with van der Waals surface area (Å²) < 4.78 is 1.72. The molecule has 5 nitrogen and oxygen atoms in total. The number of benzene rings is 1. The van der Waals surface area contributed by atoms with Crippen molar-refractivity contribution in [1.82, 2.24) is 15.8 Å². The molecule has 2 aromatic rings. The van der Waals surface area contributed by atoms with Crippen molar-refractivity contribution in [3.05, 3.63) is 56.7 Å². The second-order valence-electron chi connectivity index (χ2n) is 4.04. The predicted molar refractivity (Wildman–Crippen MR) is 81.9 cm³/mol. The van der Waals surface area contributed by atoms with Crippen molar-refractivity contribution in [2.45, 2.75) is 6.42 Å². The summed E-state index contributed by atoms with van der Waals surface area (Å²) in [6, 6.07) is 9.02. The Bertz CT molecular complexity index is 623. The fourth-order valence-electron chi connectivity index (χ4n) is 1.52. The maximum absolute atomic E-state index is 11.7. The molecule has 0 unspecified atom stereocenters. The van der Waals surface area contributed by atoms with Crippen molar-refractivity contribution < 1.29 is 9.59 Å². The molecule has 0 radical (unpaired) electrons. The van der Waals surface area contributed by atoms with E-state index in [-0.39, 0.29) is 12.3 Å². The number of halogens is 2. The molecule has 104 valence electrons. The van der Waals surface area contributed by atoms with Crippen LogP contribution in [0.1, 0.15) is 16.1 Å². The molecule has 0 atom stereocenters. The fourth-order valence-corrected chi connectivity index (χ4v) is 2.13. The van der Waals surface area contributed by atoms with Crippen LogP contribution in [0, 0.1) is 0 Å². The van der Waals surface area contributed by atoms with Crippen LogP contribution in [0.25, 0.3) is 0 Å². The maximum Gasteiger partial charge on any atom is 0.286 e. The molecule has 20 heavy (non-hydrogen) atoms. The van der Waals surface area contributed by atoms with E-state index in [9.17, 15) is 9.59 Å². The summed E-state index contributed by atoms with van der Waals surface area (Å²) in [6.45, 7) is 0. The van der Waals surface area contributed by atoms with Crippen LogP contribution in [0.2, 0.25) is 0 Å². The molecule has 1 aromatic heterocycles. The first-order chi connectivity index (χ1) is 9.54. The van der Waals surface area contributed by atoms with Crippen molar-refractivity contribution in [2.24, 2.45) is 0 Å². The van der Waals surface area contributed by atoms with Gasteiger partial charge in [0.05, 0.1) is 6.42 Å². The van der Waals surface area contributed by atoms with Gasteiger partial charge in [-0.05, 0) is 39.7 Å². The number of nitrogens with one attached hydrogen (secondary N) is 3. The van der Waals surface area contributed by atoms with E-state index >= 15 is 0 Å². The second kappa shape index (κ2) is 6.71. The average Bonchev–Trinajstić information content (AvgIpc) is 2.85. The Labute approximate surface area is 132 Å². The van der Waals surface area contributed by atoms with E-state index in [2.05, 4.69) is 47.7 Å². The first kappa shape index (κ1) is 14.8. The number of rotatable bonds is 3. The average molecular weight is 401 g/mol. The minimum absolute atomic E-state index is 0.196. The second-order valence-corrected chi connectivity index (χ2v) is 5.87. The SMILES string of the molecule is O=C(Cc1ccc(Br)cc1)NNC(=O)c1cc(Br)c[nH]1. The first-order valence-electron chi connectivity index (χ1n) is 5.72. The van der Waals surface area contributed by atoms with Crippen LogP contribution in [0.3, 0.4) is 0 Å². The summed E-state index contributed by atoms with van der Waals surface area (Å²) in [5.41, 5.74) is 5.94. The van der Waals surface area contributed by atoms with Gasteiger partial charge in [0.1, 0.15) is 5.69 Å². The molecule has 0 aliphatic heterocycles. The van der Waals surface area contributed by atoms with Crippen molar-refractivity contribution in [3.63, 3.8) is 0 Å². The quantitative estimate of drug-likeness (QED) is 0.692. The third kappa shape index (κ3) is 4.21. The molecule has 3 N–H and O–H groups in total. The Morgan fingerprint density at radius 2 is 1.75 bits per heavy atom. The van der Waals surface area contributed by atoms with E-state index in [1.165, 1.54) is 0 Å². The summed E-state index contributed by atoms with van der Waals surface area (Å²) in [5, 5.41) is 0. The Hall–Kier alpha value is -1.60. The fraction of sp³-hybridized carbons (Fsp3) is 0.0769. The van der Waals surface area contributed by atoms with Crippen LogP contribution < -0.4 is 10.9 Å². The topological polar surface area (TPSA) is 74.0 Å². The number of hydrogen-bond donors (Lipinski definition) is 3. The molecular weight excluding hydrogens is 390 g/mol. The zero-order valence-electron chi connectivity index (χ0n) is 10.2. The largest absolute Gasteiger partial charge is 0.356 e. The molecule has 7 heteroatoms. The first-order valence-corrected chi connectivity index (χ1v) is 7.31.